The van der Waals surface area contributed by atoms with Crippen LogP contribution < -0.4 is 5.32 Å². The molecule has 2 aromatic carbocycles. The number of ether oxygens (including phenoxy) is 1. The molecule has 2 rings (SSSR count). The van der Waals surface area contributed by atoms with Crippen molar-refractivity contribution < 1.29 is 9.53 Å². The third-order valence-corrected chi connectivity index (χ3v) is 2.69. The fourth-order valence-corrected chi connectivity index (χ4v) is 1.68. The minimum absolute atomic E-state index is 0.287. The third kappa shape index (κ3) is 4.98. The number of carbonyl (C=O) groups excluding carboxylic acids is 1. The molecule has 1 amide bonds. The van der Waals surface area contributed by atoms with Crippen molar-refractivity contribution in [3.8, 4) is 0 Å². The van der Waals surface area contributed by atoms with Gasteiger partial charge < -0.3 is 10.1 Å². The predicted molar refractivity (Wildman–Crippen MR) is 80.1 cm³/mol. The molecule has 0 saturated carbocycles. The molecule has 0 atom stereocenters. The van der Waals surface area contributed by atoms with Gasteiger partial charge in [-0.25, -0.2) is 4.79 Å². The molecule has 3 nitrogen and oxygen atoms in total. The molecule has 2 aromatic rings. The van der Waals surface area contributed by atoms with Gasteiger partial charge in [-0.2, -0.15) is 0 Å². The van der Waals surface area contributed by atoms with Gasteiger partial charge in [-0.1, -0.05) is 72.8 Å². The summed E-state index contributed by atoms with van der Waals surface area (Å²) in [6.07, 6.45) is 3.43. The van der Waals surface area contributed by atoms with Crippen LogP contribution in [0.3, 0.4) is 0 Å². The highest BCUT2D eigenvalue weighted by molar-refractivity contribution is 5.67. The van der Waals surface area contributed by atoms with Crippen molar-refractivity contribution in [2.24, 2.45) is 0 Å². The van der Waals surface area contributed by atoms with Gasteiger partial charge in [-0.05, 0) is 11.1 Å². The van der Waals surface area contributed by atoms with Gasteiger partial charge in [0.2, 0.25) is 0 Å². The van der Waals surface area contributed by atoms with Crippen molar-refractivity contribution in [3.63, 3.8) is 0 Å². The summed E-state index contributed by atoms with van der Waals surface area (Å²) in [7, 11) is 0. The summed E-state index contributed by atoms with van der Waals surface area (Å²) >= 11 is 0. The van der Waals surface area contributed by atoms with E-state index >= 15 is 0 Å². The van der Waals surface area contributed by atoms with Gasteiger partial charge in [0.05, 0.1) is 0 Å². The molecular weight excluding hydrogens is 250 g/mol. The highest BCUT2D eigenvalue weighted by Crippen LogP contribution is 2.01. The molecule has 0 fully saturated rings. The largest absolute Gasteiger partial charge is 0.445 e. The average Bonchev–Trinajstić information content (AvgIpc) is 2.52. The Kier molecular flexibility index (Phi) is 5.40. The molecule has 1 N–H and O–H groups in total. The number of carbonyl (C=O) groups is 1. The molecule has 0 bridgehead atoms. The standard InChI is InChI=1S/C17H17NO2/c19-17(20-14-16-10-5-2-6-11-16)18-13-7-12-15-8-3-1-4-9-15/h1-12H,13-14H2,(H,18,19). The van der Waals surface area contributed by atoms with Crippen molar-refractivity contribution in [1.82, 2.24) is 5.32 Å². The van der Waals surface area contributed by atoms with Crippen LogP contribution in [0.25, 0.3) is 6.08 Å². The van der Waals surface area contributed by atoms with Gasteiger partial charge in [0.15, 0.2) is 0 Å². The van der Waals surface area contributed by atoms with Crippen molar-refractivity contribution in [2.45, 2.75) is 6.61 Å². The van der Waals surface area contributed by atoms with Crippen LogP contribution in [0.2, 0.25) is 0 Å². The Balaban J connectivity index is 1.67. The van der Waals surface area contributed by atoms with Crippen LogP contribution in [-0.2, 0) is 11.3 Å². The molecule has 0 radical (unpaired) electrons. The smallest absolute Gasteiger partial charge is 0.407 e. The van der Waals surface area contributed by atoms with Crippen molar-refractivity contribution in [3.05, 3.63) is 77.9 Å². The number of rotatable bonds is 5. The molecule has 0 aromatic heterocycles. The minimum atomic E-state index is -0.411. The van der Waals surface area contributed by atoms with Crippen molar-refractivity contribution >= 4 is 12.2 Å². The molecule has 0 aliphatic carbocycles. The van der Waals surface area contributed by atoms with E-state index in [4.69, 9.17) is 4.74 Å². The maximum absolute atomic E-state index is 11.5. The minimum Gasteiger partial charge on any atom is -0.445 e. The Morgan fingerprint density at radius 1 is 1.00 bits per heavy atom. The normalized spacial score (nSPS) is 10.4. The van der Waals surface area contributed by atoms with E-state index in [9.17, 15) is 4.79 Å². The van der Waals surface area contributed by atoms with Crippen LogP contribution in [0.4, 0.5) is 4.79 Å². The van der Waals surface area contributed by atoms with Gasteiger partial charge >= 0.3 is 6.09 Å². The Morgan fingerprint density at radius 3 is 2.35 bits per heavy atom. The fraction of sp³-hybridized carbons (Fsp3) is 0.118. The summed E-state index contributed by atoms with van der Waals surface area (Å²) < 4.78 is 5.10. The van der Waals surface area contributed by atoms with Crippen LogP contribution in [0.1, 0.15) is 11.1 Å². The quantitative estimate of drug-likeness (QED) is 0.898. The number of benzene rings is 2. The summed E-state index contributed by atoms with van der Waals surface area (Å²) in [6, 6.07) is 19.5. The van der Waals surface area contributed by atoms with Crippen LogP contribution >= 0.6 is 0 Å². The Labute approximate surface area is 118 Å². The summed E-state index contributed by atoms with van der Waals surface area (Å²) in [5, 5.41) is 2.68. The second-order valence-corrected chi connectivity index (χ2v) is 4.26. The zero-order valence-corrected chi connectivity index (χ0v) is 11.2. The van der Waals surface area contributed by atoms with E-state index in [0.717, 1.165) is 11.1 Å². The van der Waals surface area contributed by atoms with Gasteiger partial charge in [0.25, 0.3) is 0 Å². The first-order valence-electron chi connectivity index (χ1n) is 6.51. The van der Waals surface area contributed by atoms with Gasteiger partial charge in [0.1, 0.15) is 6.61 Å². The Bertz CT molecular complexity index is 550. The monoisotopic (exact) mass is 267 g/mol. The van der Waals surface area contributed by atoms with E-state index in [1.807, 2.05) is 72.8 Å². The molecule has 20 heavy (non-hydrogen) atoms. The third-order valence-electron chi connectivity index (χ3n) is 2.69. The van der Waals surface area contributed by atoms with Crippen LogP contribution in [0, 0.1) is 0 Å². The van der Waals surface area contributed by atoms with E-state index in [-0.39, 0.29) is 6.61 Å². The molecule has 0 spiro atoms. The predicted octanol–water partition coefficient (Wildman–Crippen LogP) is 3.63. The SMILES string of the molecule is O=C(NCC=Cc1ccccc1)OCc1ccccc1. The molecule has 0 aliphatic heterocycles. The van der Waals surface area contributed by atoms with Crippen LogP contribution in [0.5, 0.6) is 0 Å². The summed E-state index contributed by atoms with van der Waals surface area (Å²) in [4.78, 5) is 11.5. The first-order valence-corrected chi connectivity index (χ1v) is 6.51. The zero-order valence-electron chi connectivity index (χ0n) is 11.2. The van der Waals surface area contributed by atoms with E-state index in [2.05, 4.69) is 5.32 Å². The highest BCUT2D eigenvalue weighted by atomic mass is 16.5. The highest BCUT2D eigenvalue weighted by Gasteiger charge is 1.99. The summed E-state index contributed by atoms with van der Waals surface area (Å²) in [6.45, 7) is 0.734. The Morgan fingerprint density at radius 2 is 1.65 bits per heavy atom. The average molecular weight is 267 g/mol. The van der Waals surface area contributed by atoms with E-state index < -0.39 is 6.09 Å². The Hall–Kier alpha value is -2.55. The lowest BCUT2D eigenvalue weighted by molar-refractivity contribution is 0.141. The molecule has 0 unspecified atom stereocenters. The summed E-state index contributed by atoms with van der Waals surface area (Å²) in [5.41, 5.74) is 2.08. The van der Waals surface area contributed by atoms with Crippen LogP contribution in [-0.4, -0.2) is 12.6 Å². The number of alkyl carbamates (subject to hydrolysis) is 1. The van der Waals surface area contributed by atoms with Crippen molar-refractivity contribution in [2.75, 3.05) is 6.54 Å². The second-order valence-electron chi connectivity index (χ2n) is 4.26. The number of nitrogens with one attached hydrogen (secondary N) is 1. The molecule has 3 heteroatoms. The molecular formula is C17H17NO2. The topological polar surface area (TPSA) is 38.3 Å². The van der Waals surface area contributed by atoms with E-state index in [0.29, 0.717) is 6.54 Å². The lowest BCUT2D eigenvalue weighted by atomic mass is 10.2. The van der Waals surface area contributed by atoms with Crippen LogP contribution in [0.15, 0.2) is 66.7 Å². The number of amides is 1. The summed E-state index contributed by atoms with van der Waals surface area (Å²) in [5.74, 6) is 0. The van der Waals surface area contributed by atoms with E-state index in [1.165, 1.54) is 0 Å². The fourth-order valence-electron chi connectivity index (χ4n) is 1.68. The number of hydrogen-bond acceptors (Lipinski definition) is 2. The van der Waals surface area contributed by atoms with Gasteiger partial charge in [-0.15, -0.1) is 0 Å². The number of hydrogen-bond donors (Lipinski definition) is 1. The lowest BCUT2D eigenvalue weighted by Crippen LogP contribution is -2.24. The van der Waals surface area contributed by atoms with Gasteiger partial charge in [0, 0.05) is 6.54 Å². The molecule has 0 heterocycles. The van der Waals surface area contributed by atoms with Gasteiger partial charge in [-0.3, -0.25) is 0 Å². The lowest BCUT2D eigenvalue weighted by Gasteiger charge is -2.05. The van der Waals surface area contributed by atoms with E-state index in [1.54, 1.807) is 0 Å². The maximum atomic E-state index is 11.5. The van der Waals surface area contributed by atoms with Crippen molar-refractivity contribution in [1.29, 1.82) is 0 Å². The zero-order chi connectivity index (χ0) is 14.0. The molecule has 102 valence electrons. The second kappa shape index (κ2) is 7.79. The first-order chi connectivity index (χ1) is 9.84. The first kappa shape index (κ1) is 13.9. The molecule has 0 saturated heterocycles. The molecule has 0 aliphatic rings. The maximum Gasteiger partial charge on any atom is 0.407 e.